The van der Waals surface area contributed by atoms with E-state index in [2.05, 4.69) is 49.4 Å². The molecule has 0 aromatic heterocycles. The smallest absolute Gasteiger partial charge is 0.170 e. The summed E-state index contributed by atoms with van der Waals surface area (Å²) in [7, 11) is 0. The summed E-state index contributed by atoms with van der Waals surface area (Å²) in [6, 6.07) is 57.1. The summed E-state index contributed by atoms with van der Waals surface area (Å²) in [6.45, 7) is 7.45. The maximum Gasteiger partial charge on any atom is 0.402 e. The predicted octanol–water partition coefficient (Wildman–Crippen LogP) is 14.5. The maximum atomic E-state index is 15.5. The van der Waals surface area contributed by atoms with Crippen LogP contribution in [0, 0.1) is 20.8 Å². The minimum atomic E-state index is -4.54. The zero-order valence-corrected chi connectivity index (χ0v) is 30.4. The van der Waals surface area contributed by atoms with Gasteiger partial charge in [0.2, 0.25) is 0 Å². The van der Waals surface area contributed by atoms with E-state index < -0.39 is 11.6 Å². The molecule has 0 fully saturated rings. The lowest BCUT2D eigenvalue weighted by Gasteiger charge is -2.34. The van der Waals surface area contributed by atoms with Gasteiger partial charge in [-0.3, -0.25) is 0 Å². The molecule has 0 saturated heterocycles. The lowest BCUT2D eigenvalue weighted by Crippen LogP contribution is -2.40. The van der Waals surface area contributed by atoms with Crippen LogP contribution in [0.1, 0.15) is 34.7 Å². The van der Waals surface area contributed by atoms with E-state index in [1.54, 1.807) is 24.3 Å². The number of aryl methyl sites for hydroxylation is 3. The number of hydrogen-bond acceptors (Lipinski definition) is 0. The first-order chi connectivity index (χ1) is 25.6. The van der Waals surface area contributed by atoms with E-state index in [0.29, 0.717) is 0 Å². The number of benzene rings is 8. The molecule has 3 heteroatoms. The highest BCUT2D eigenvalue weighted by Gasteiger charge is 2.53. The predicted molar refractivity (Wildman–Crippen MR) is 217 cm³/mol. The number of alkyl halides is 3. The van der Waals surface area contributed by atoms with Gasteiger partial charge in [-0.25, -0.2) is 0 Å². The Morgan fingerprint density at radius 1 is 0.396 bits per heavy atom. The molecule has 1 unspecified atom stereocenters. The van der Waals surface area contributed by atoms with E-state index >= 15 is 13.2 Å². The lowest BCUT2D eigenvalue weighted by atomic mass is 9.73. The van der Waals surface area contributed by atoms with E-state index in [0.717, 1.165) is 71.6 Å². The molecule has 0 bridgehead atoms. The van der Waals surface area contributed by atoms with Crippen LogP contribution in [-0.4, -0.2) is 6.18 Å². The molecule has 0 saturated carbocycles. The van der Waals surface area contributed by atoms with Crippen molar-refractivity contribution in [2.75, 3.05) is 0 Å². The third kappa shape index (κ3) is 6.76. The first-order valence-electron chi connectivity index (χ1n) is 17.9. The summed E-state index contributed by atoms with van der Waals surface area (Å²) in [4.78, 5) is 0. The van der Waals surface area contributed by atoms with Gasteiger partial charge in [0.15, 0.2) is 0 Å². The number of fused-ring (bicyclic) bond motifs is 2. The van der Waals surface area contributed by atoms with Gasteiger partial charge in [0.1, 0.15) is 5.41 Å². The van der Waals surface area contributed by atoms with Gasteiger partial charge >= 0.3 is 6.18 Å². The normalized spacial score (nSPS) is 12.6. The Balaban J connectivity index is 0.000000661. The topological polar surface area (TPSA) is 0 Å². The summed E-state index contributed by atoms with van der Waals surface area (Å²) in [5.74, 6) is 0. The minimum absolute atomic E-state index is 0.224. The summed E-state index contributed by atoms with van der Waals surface area (Å²) in [6.07, 6.45) is -4.54. The van der Waals surface area contributed by atoms with Crippen LogP contribution in [0.3, 0.4) is 0 Å². The molecule has 0 nitrogen and oxygen atoms in total. The molecule has 8 aromatic carbocycles. The second kappa shape index (κ2) is 14.6. The van der Waals surface area contributed by atoms with Crippen molar-refractivity contribution in [3.05, 3.63) is 204 Å². The van der Waals surface area contributed by atoms with Crippen LogP contribution in [0.4, 0.5) is 13.2 Å². The molecule has 0 heterocycles. The van der Waals surface area contributed by atoms with Crippen molar-refractivity contribution < 1.29 is 13.2 Å². The van der Waals surface area contributed by atoms with Crippen molar-refractivity contribution in [3.63, 3.8) is 0 Å². The van der Waals surface area contributed by atoms with Crippen molar-refractivity contribution in [1.29, 1.82) is 0 Å². The highest BCUT2D eigenvalue weighted by Crippen LogP contribution is 2.49. The highest BCUT2D eigenvalue weighted by atomic mass is 19.4. The summed E-state index contributed by atoms with van der Waals surface area (Å²) >= 11 is 0. The number of rotatable bonds is 5. The zero-order valence-electron chi connectivity index (χ0n) is 30.4. The molecule has 1 atom stereocenters. The van der Waals surface area contributed by atoms with Crippen molar-refractivity contribution in [2.45, 2.75) is 39.3 Å². The Morgan fingerprint density at radius 3 is 1.34 bits per heavy atom. The minimum Gasteiger partial charge on any atom is -0.170 e. The van der Waals surface area contributed by atoms with Crippen LogP contribution in [0.2, 0.25) is 0 Å². The molecule has 0 aliphatic heterocycles. The van der Waals surface area contributed by atoms with Gasteiger partial charge in [-0.15, -0.1) is 0 Å². The molecule has 8 aromatic rings. The number of hydrogen-bond donors (Lipinski definition) is 0. The van der Waals surface area contributed by atoms with Crippen LogP contribution in [0.15, 0.2) is 176 Å². The second-order valence-corrected chi connectivity index (χ2v) is 13.9. The second-order valence-electron chi connectivity index (χ2n) is 13.9. The fourth-order valence-corrected chi connectivity index (χ4v) is 7.60. The van der Waals surface area contributed by atoms with Crippen molar-refractivity contribution in [3.8, 4) is 33.4 Å². The SMILES string of the molecule is Cc1cc2cc(C(C)(c3ccc4c(C)c(-c5ccccc5)c(-c5ccccc5)c(C)c4c3)C(F)(F)F)ccc2cc1-c1ccccc1.c1ccccc1. The standard InChI is InChI=1S/C44H35F3.C6H6/c1-28-24-35-25-36(21-20-34(35)26-39(28)31-14-8-5-9-15-31)43(4,44(45,46)47)37-22-23-38-29(2)41(32-16-10-6-11-17-32)42(30(3)40(38)27-37)33-18-12-7-13-19-33;1-2-4-6-5-3-1/h5-27H,1-4H3;1-6H. The molecule has 8 rings (SSSR count). The van der Waals surface area contributed by atoms with Gasteiger partial charge in [0.05, 0.1) is 0 Å². The molecule has 0 spiro atoms. The average molecular weight is 699 g/mol. The maximum absolute atomic E-state index is 15.5. The van der Waals surface area contributed by atoms with Crippen molar-refractivity contribution in [2.24, 2.45) is 0 Å². The fraction of sp³-hybridized carbons (Fsp3) is 0.120. The molecule has 0 aliphatic carbocycles. The van der Waals surface area contributed by atoms with E-state index in [1.165, 1.54) is 6.92 Å². The van der Waals surface area contributed by atoms with Crippen LogP contribution >= 0.6 is 0 Å². The summed E-state index contributed by atoms with van der Waals surface area (Å²) in [5.41, 5.74) is 7.69. The van der Waals surface area contributed by atoms with Gasteiger partial charge < -0.3 is 0 Å². The van der Waals surface area contributed by atoms with Gasteiger partial charge in [-0.1, -0.05) is 158 Å². The van der Waals surface area contributed by atoms with Crippen molar-refractivity contribution >= 4 is 21.5 Å². The van der Waals surface area contributed by atoms with Crippen LogP contribution in [-0.2, 0) is 5.41 Å². The molecule has 262 valence electrons. The molecule has 53 heavy (non-hydrogen) atoms. The van der Waals surface area contributed by atoms with Gasteiger partial charge in [-0.05, 0) is 129 Å². The monoisotopic (exact) mass is 698 g/mol. The van der Waals surface area contributed by atoms with Gasteiger partial charge in [-0.2, -0.15) is 13.2 Å². The Bertz CT molecular complexity index is 2480. The molecular formula is C50H41F3. The number of halogens is 3. The fourth-order valence-electron chi connectivity index (χ4n) is 7.60. The Labute approximate surface area is 310 Å². The largest absolute Gasteiger partial charge is 0.402 e. The van der Waals surface area contributed by atoms with E-state index in [1.807, 2.05) is 123 Å². The first kappa shape index (κ1) is 35.5. The van der Waals surface area contributed by atoms with E-state index in [-0.39, 0.29) is 11.1 Å². The van der Waals surface area contributed by atoms with Gasteiger partial charge in [0.25, 0.3) is 0 Å². The molecule has 0 N–H and O–H groups in total. The Kier molecular flexibility index (Phi) is 9.77. The van der Waals surface area contributed by atoms with Gasteiger partial charge in [0, 0.05) is 0 Å². The lowest BCUT2D eigenvalue weighted by molar-refractivity contribution is -0.173. The van der Waals surface area contributed by atoms with Crippen LogP contribution in [0.25, 0.3) is 54.9 Å². The first-order valence-corrected chi connectivity index (χ1v) is 17.9. The van der Waals surface area contributed by atoms with Crippen molar-refractivity contribution in [1.82, 2.24) is 0 Å². The van der Waals surface area contributed by atoms with Crippen LogP contribution < -0.4 is 0 Å². The quantitative estimate of drug-likeness (QED) is 0.168. The Morgan fingerprint density at radius 2 is 0.830 bits per heavy atom. The zero-order chi connectivity index (χ0) is 37.2. The third-order valence-corrected chi connectivity index (χ3v) is 10.6. The Hall–Kier alpha value is -5.93. The highest BCUT2D eigenvalue weighted by molar-refractivity contribution is 6.03. The molecular weight excluding hydrogens is 658 g/mol. The van der Waals surface area contributed by atoms with E-state index in [9.17, 15) is 0 Å². The average Bonchev–Trinajstić information content (AvgIpc) is 3.19. The summed E-state index contributed by atoms with van der Waals surface area (Å²) < 4.78 is 46.4. The third-order valence-electron chi connectivity index (χ3n) is 10.6. The van der Waals surface area contributed by atoms with E-state index in [4.69, 9.17) is 0 Å². The van der Waals surface area contributed by atoms with Crippen LogP contribution in [0.5, 0.6) is 0 Å². The molecule has 0 radical (unpaired) electrons. The summed E-state index contributed by atoms with van der Waals surface area (Å²) in [5, 5.41) is 3.49. The molecule has 0 aliphatic rings. The molecule has 0 amide bonds.